The highest BCUT2D eigenvalue weighted by Gasteiger charge is 2.17. The molecule has 0 radical (unpaired) electrons. The summed E-state index contributed by atoms with van der Waals surface area (Å²) in [6.45, 7) is 1.38. The van der Waals surface area contributed by atoms with E-state index in [9.17, 15) is 22.4 Å². The summed E-state index contributed by atoms with van der Waals surface area (Å²) >= 11 is 0. The zero-order valence-corrected chi connectivity index (χ0v) is 10.3. The maximum Gasteiger partial charge on any atom is 0.256 e. The van der Waals surface area contributed by atoms with Gasteiger partial charge in [0.1, 0.15) is 17.3 Å². The number of carbonyl (C=O) groups excluding carboxylic acids is 1. The molecule has 0 bridgehead atoms. The van der Waals surface area contributed by atoms with Crippen molar-refractivity contribution in [2.24, 2.45) is 0 Å². The zero-order chi connectivity index (χ0) is 14.9. The van der Waals surface area contributed by atoms with Gasteiger partial charge in [-0.3, -0.25) is 4.79 Å². The number of nitrogens with one attached hydrogen (secondary N) is 1. The summed E-state index contributed by atoms with van der Waals surface area (Å²) in [5.74, 6) is -5.16. The summed E-state index contributed by atoms with van der Waals surface area (Å²) in [6, 6.07) is 4.59. The highest BCUT2D eigenvalue weighted by molar-refractivity contribution is 6.05. The quantitative estimate of drug-likeness (QED) is 0.834. The van der Waals surface area contributed by atoms with Gasteiger partial charge in [-0.2, -0.15) is 0 Å². The van der Waals surface area contributed by atoms with Crippen LogP contribution in [0.4, 0.5) is 23.2 Å². The van der Waals surface area contributed by atoms with E-state index in [4.69, 9.17) is 0 Å². The van der Waals surface area contributed by atoms with Crippen molar-refractivity contribution < 1.29 is 22.4 Å². The monoisotopic (exact) mass is 283 g/mol. The molecule has 2 aromatic carbocycles. The van der Waals surface area contributed by atoms with Gasteiger partial charge in [0.05, 0.1) is 0 Å². The predicted molar refractivity (Wildman–Crippen MR) is 65.4 cm³/mol. The van der Waals surface area contributed by atoms with Crippen LogP contribution in [0.1, 0.15) is 15.9 Å². The molecule has 0 aromatic heterocycles. The van der Waals surface area contributed by atoms with Gasteiger partial charge in [-0.25, -0.2) is 17.6 Å². The lowest BCUT2D eigenvalue weighted by molar-refractivity contribution is 0.102. The number of para-hydroxylation sites is 1. The Balaban J connectivity index is 2.36. The number of benzene rings is 2. The van der Waals surface area contributed by atoms with E-state index in [1.54, 1.807) is 0 Å². The van der Waals surface area contributed by atoms with Crippen molar-refractivity contribution in [3.8, 4) is 0 Å². The standard InChI is InChI=1S/C14H9F4NO/c1-7-5-11(17)12(18)6-8(7)14(20)19-13-9(15)3-2-4-10(13)16/h2-6H,1H3,(H,19,20). The van der Waals surface area contributed by atoms with E-state index in [1.165, 1.54) is 6.92 Å². The van der Waals surface area contributed by atoms with Crippen molar-refractivity contribution in [1.82, 2.24) is 0 Å². The topological polar surface area (TPSA) is 29.1 Å². The first-order valence-electron chi connectivity index (χ1n) is 5.61. The van der Waals surface area contributed by atoms with Crippen LogP contribution in [-0.2, 0) is 0 Å². The van der Waals surface area contributed by atoms with Crippen molar-refractivity contribution in [2.45, 2.75) is 6.92 Å². The Morgan fingerprint density at radius 1 is 0.950 bits per heavy atom. The third kappa shape index (κ3) is 2.64. The number of hydrogen-bond acceptors (Lipinski definition) is 1. The van der Waals surface area contributed by atoms with Gasteiger partial charge in [0.15, 0.2) is 11.6 Å². The number of halogens is 4. The third-order valence-electron chi connectivity index (χ3n) is 2.71. The van der Waals surface area contributed by atoms with Crippen molar-refractivity contribution >= 4 is 11.6 Å². The van der Waals surface area contributed by atoms with Crippen LogP contribution in [0.25, 0.3) is 0 Å². The van der Waals surface area contributed by atoms with Crippen LogP contribution in [0.2, 0.25) is 0 Å². The molecule has 0 aliphatic rings. The molecule has 2 nitrogen and oxygen atoms in total. The molecule has 0 aliphatic carbocycles. The van der Waals surface area contributed by atoms with Gasteiger partial charge >= 0.3 is 0 Å². The Labute approximate surface area is 112 Å². The molecule has 6 heteroatoms. The fraction of sp³-hybridized carbons (Fsp3) is 0.0714. The molecule has 1 amide bonds. The van der Waals surface area contributed by atoms with Gasteiger partial charge in [0, 0.05) is 5.56 Å². The molecule has 0 atom stereocenters. The fourth-order valence-corrected chi connectivity index (χ4v) is 1.69. The molecule has 0 saturated heterocycles. The van der Waals surface area contributed by atoms with Gasteiger partial charge in [0.2, 0.25) is 0 Å². The molecule has 20 heavy (non-hydrogen) atoms. The van der Waals surface area contributed by atoms with E-state index in [0.29, 0.717) is 6.07 Å². The van der Waals surface area contributed by atoms with Crippen LogP contribution < -0.4 is 5.32 Å². The predicted octanol–water partition coefficient (Wildman–Crippen LogP) is 3.80. The Hall–Kier alpha value is -2.37. The maximum atomic E-state index is 13.4. The second kappa shape index (κ2) is 5.32. The van der Waals surface area contributed by atoms with Crippen molar-refractivity contribution in [2.75, 3.05) is 5.32 Å². The molecule has 0 spiro atoms. The van der Waals surface area contributed by atoms with Gasteiger partial charge in [-0.05, 0) is 36.8 Å². The minimum atomic E-state index is -1.21. The number of rotatable bonds is 2. The summed E-state index contributed by atoms with van der Waals surface area (Å²) in [6.07, 6.45) is 0. The first-order chi connectivity index (χ1) is 9.40. The molecule has 0 fully saturated rings. The molecule has 1 N–H and O–H groups in total. The second-order valence-corrected chi connectivity index (χ2v) is 4.13. The summed E-state index contributed by atoms with van der Waals surface area (Å²) < 4.78 is 52.8. The highest BCUT2D eigenvalue weighted by atomic mass is 19.2. The van der Waals surface area contributed by atoms with Crippen LogP contribution in [0.5, 0.6) is 0 Å². The van der Waals surface area contributed by atoms with Crippen molar-refractivity contribution in [3.63, 3.8) is 0 Å². The van der Waals surface area contributed by atoms with E-state index in [-0.39, 0.29) is 11.1 Å². The second-order valence-electron chi connectivity index (χ2n) is 4.13. The number of hydrogen-bond donors (Lipinski definition) is 1. The molecule has 104 valence electrons. The van der Waals surface area contributed by atoms with Crippen molar-refractivity contribution in [3.05, 3.63) is 64.7 Å². The van der Waals surface area contributed by atoms with Crippen LogP contribution in [0, 0.1) is 30.2 Å². The van der Waals surface area contributed by atoms with E-state index in [0.717, 1.165) is 24.3 Å². The fourth-order valence-electron chi connectivity index (χ4n) is 1.69. The third-order valence-corrected chi connectivity index (χ3v) is 2.71. The number of anilines is 1. The normalized spacial score (nSPS) is 10.4. The Bertz CT molecular complexity index is 665. The number of amides is 1. The van der Waals surface area contributed by atoms with Crippen LogP contribution in [0.15, 0.2) is 30.3 Å². The van der Waals surface area contributed by atoms with Gasteiger partial charge in [0.25, 0.3) is 5.91 Å². The van der Waals surface area contributed by atoms with Gasteiger partial charge < -0.3 is 5.32 Å². The summed E-state index contributed by atoms with van der Waals surface area (Å²) in [7, 11) is 0. The van der Waals surface area contributed by atoms with E-state index in [2.05, 4.69) is 0 Å². The SMILES string of the molecule is Cc1cc(F)c(F)cc1C(=O)Nc1c(F)cccc1F. The van der Waals surface area contributed by atoms with Gasteiger partial charge in [-0.15, -0.1) is 0 Å². The smallest absolute Gasteiger partial charge is 0.256 e. The minimum Gasteiger partial charge on any atom is -0.317 e. The summed E-state index contributed by atoms with van der Waals surface area (Å²) in [4.78, 5) is 11.9. The van der Waals surface area contributed by atoms with E-state index < -0.39 is 34.9 Å². The van der Waals surface area contributed by atoms with E-state index in [1.807, 2.05) is 5.32 Å². The molecule has 0 unspecified atom stereocenters. The summed E-state index contributed by atoms with van der Waals surface area (Å²) in [5, 5.41) is 2.00. The molecular formula is C14H9F4NO. The first-order valence-corrected chi connectivity index (χ1v) is 5.61. The average Bonchev–Trinajstić information content (AvgIpc) is 2.38. The zero-order valence-electron chi connectivity index (χ0n) is 10.3. The lowest BCUT2D eigenvalue weighted by Gasteiger charge is -2.09. The van der Waals surface area contributed by atoms with Gasteiger partial charge in [-0.1, -0.05) is 6.07 Å². The van der Waals surface area contributed by atoms with Crippen LogP contribution >= 0.6 is 0 Å². The van der Waals surface area contributed by atoms with Crippen LogP contribution in [-0.4, -0.2) is 5.91 Å². The first kappa shape index (κ1) is 14.0. The number of aryl methyl sites for hydroxylation is 1. The largest absolute Gasteiger partial charge is 0.317 e. The molecule has 2 rings (SSSR count). The Kier molecular flexibility index (Phi) is 3.74. The summed E-state index contributed by atoms with van der Waals surface area (Å²) in [5.41, 5.74) is -0.689. The molecule has 0 saturated carbocycles. The molecule has 0 aliphatic heterocycles. The molecule has 2 aromatic rings. The van der Waals surface area contributed by atoms with E-state index >= 15 is 0 Å². The molecular weight excluding hydrogens is 274 g/mol. The molecule has 0 heterocycles. The number of carbonyl (C=O) groups is 1. The van der Waals surface area contributed by atoms with Crippen LogP contribution in [0.3, 0.4) is 0 Å². The Morgan fingerprint density at radius 2 is 1.50 bits per heavy atom. The van der Waals surface area contributed by atoms with Crippen molar-refractivity contribution in [1.29, 1.82) is 0 Å². The highest BCUT2D eigenvalue weighted by Crippen LogP contribution is 2.21. The lowest BCUT2D eigenvalue weighted by atomic mass is 10.1. The average molecular weight is 283 g/mol. The Morgan fingerprint density at radius 3 is 2.10 bits per heavy atom. The lowest BCUT2D eigenvalue weighted by Crippen LogP contribution is -2.16. The minimum absolute atomic E-state index is 0.151. The maximum absolute atomic E-state index is 13.4.